The van der Waals surface area contributed by atoms with Gasteiger partial charge in [-0.05, 0) is 81.5 Å². The predicted octanol–water partition coefficient (Wildman–Crippen LogP) is 5.66. The van der Waals surface area contributed by atoms with Gasteiger partial charge in [-0.2, -0.15) is 4.98 Å². The first-order chi connectivity index (χ1) is 19.2. The number of rotatable bonds is 10. The number of carbonyl (C=O) groups excluding carboxylic acids is 1. The number of aromatic nitrogens is 4. The standard InChI is InChI=1S/C31H40N4O5/c1-5-13-39-27-17-25(36)22(15-21(27)6-2)11-12-31(23-9-7-8-10-23)18-26(37)24(29(38)40-31)16-28-33-30-32-19(3)14-20(4)35(30)34-28/h14-15,17,23,36-37H,5-13,16,18H2,1-4H3. The summed E-state index contributed by atoms with van der Waals surface area (Å²) in [6.45, 7) is 8.54. The highest BCUT2D eigenvalue weighted by molar-refractivity contribution is 5.90. The van der Waals surface area contributed by atoms with Gasteiger partial charge in [-0.1, -0.05) is 26.7 Å². The zero-order chi connectivity index (χ0) is 28.4. The summed E-state index contributed by atoms with van der Waals surface area (Å²) in [5.41, 5.74) is 2.96. The lowest BCUT2D eigenvalue weighted by Crippen LogP contribution is -2.46. The van der Waals surface area contributed by atoms with Crippen LogP contribution in [0.2, 0.25) is 0 Å². The zero-order valence-electron chi connectivity index (χ0n) is 24.0. The van der Waals surface area contributed by atoms with Gasteiger partial charge in [-0.25, -0.2) is 14.3 Å². The molecule has 9 nitrogen and oxygen atoms in total. The molecule has 1 saturated carbocycles. The summed E-state index contributed by atoms with van der Waals surface area (Å²) in [5, 5.41) is 26.6. The van der Waals surface area contributed by atoms with E-state index in [-0.39, 0.29) is 35.8 Å². The summed E-state index contributed by atoms with van der Waals surface area (Å²) in [7, 11) is 0. The number of aromatic hydroxyl groups is 1. The molecule has 0 amide bonds. The highest BCUT2D eigenvalue weighted by Gasteiger charge is 2.48. The summed E-state index contributed by atoms with van der Waals surface area (Å²) in [4.78, 5) is 22.4. The average Bonchev–Trinajstić information content (AvgIpc) is 3.60. The van der Waals surface area contributed by atoms with Crippen LogP contribution in [0, 0.1) is 19.8 Å². The number of fused-ring (bicyclic) bond motifs is 1. The number of phenols is 1. The van der Waals surface area contributed by atoms with Crippen LogP contribution in [0.1, 0.15) is 87.1 Å². The third-order valence-electron chi connectivity index (χ3n) is 8.38. The van der Waals surface area contributed by atoms with Crippen molar-refractivity contribution in [2.24, 2.45) is 5.92 Å². The Bertz CT molecular complexity index is 1440. The number of ether oxygens (including phenoxy) is 2. The summed E-state index contributed by atoms with van der Waals surface area (Å²) in [6, 6.07) is 5.62. The minimum Gasteiger partial charge on any atom is -0.512 e. The van der Waals surface area contributed by atoms with Gasteiger partial charge >= 0.3 is 5.97 Å². The fourth-order valence-electron chi connectivity index (χ4n) is 6.26. The Labute approximate surface area is 235 Å². The first kappa shape index (κ1) is 27.9. The number of benzene rings is 1. The van der Waals surface area contributed by atoms with Gasteiger partial charge in [-0.15, -0.1) is 5.10 Å². The van der Waals surface area contributed by atoms with Crippen LogP contribution in [0.5, 0.6) is 11.5 Å². The molecular weight excluding hydrogens is 508 g/mol. The van der Waals surface area contributed by atoms with Gasteiger partial charge in [0.1, 0.15) is 22.9 Å². The van der Waals surface area contributed by atoms with Crippen molar-refractivity contribution in [2.45, 2.75) is 97.5 Å². The fraction of sp³-hybridized carbons (Fsp3) is 0.548. The molecule has 1 unspecified atom stereocenters. The molecule has 0 saturated heterocycles. The fourth-order valence-corrected chi connectivity index (χ4v) is 6.26. The molecule has 40 heavy (non-hydrogen) atoms. The van der Waals surface area contributed by atoms with Crippen molar-refractivity contribution in [3.05, 3.63) is 57.9 Å². The van der Waals surface area contributed by atoms with E-state index in [1.165, 1.54) is 0 Å². The molecule has 214 valence electrons. The zero-order valence-corrected chi connectivity index (χ0v) is 24.0. The first-order valence-corrected chi connectivity index (χ1v) is 14.5. The number of carbonyl (C=O) groups is 1. The first-order valence-electron chi connectivity index (χ1n) is 14.5. The summed E-state index contributed by atoms with van der Waals surface area (Å²) in [6.07, 6.45) is 7.10. The van der Waals surface area contributed by atoms with E-state index in [2.05, 4.69) is 28.9 Å². The molecule has 2 aromatic heterocycles. The van der Waals surface area contributed by atoms with E-state index < -0.39 is 11.6 Å². The number of aryl methyl sites for hydroxylation is 4. The van der Waals surface area contributed by atoms with Crippen molar-refractivity contribution < 1.29 is 24.5 Å². The lowest BCUT2D eigenvalue weighted by Gasteiger charge is -2.41. The van der Waals surface area contributed by atoms with Crippen LogP contribution in [0.15, 0.2) is 29.5 Å². The number of hydrogen-bond donors (Lipinski definition) is 2. The minimum atomic E-state index is -0.820. The van der Waals surface area contributed by atoms with Crippen LogP contribution in [0.3, 0.4) is 0 Å². The van der Waals surface area contributed by atoms with Crippen LogP contribution in [-0.4, -0.2) is 48.0 Å². The van der Waals surface area contributed by atoms with Crippen molar-refractivity contribution in [1.82, 2.24) is 19.6 Å². The van der Waals surface area contributed by atoms with Crippen LogP contribution in [-0.2, 0) is 28.8 Å². The molecule has 0 spiro atoms. The molecule has 1 aliphatic heterocycles. The van der Waals surface area contributed by atoms with Gasteiger partial charge in [0.2, 0.25) is 0 Å². The Morgan fingerprint density at radius 2 is 1.88 bits per heavy atom. The van der Waals surface area contributed by atoms with E-state index in [9.17, 15) is 15.0 Å². The molecule has 1 aromatic carbocycles. The molecule has 2 N–H and O–H groups in total. The third kappa shape index (κ3) is 5.51. The van der Waals surface area contributed by atoms with Gasteiger partial charge < -0.3 is 19.7 Å². The second-order valence-corrected chi connectivity index (χ2v) is 11.3. The highest BCUT2D eigenvalue weighted by atomic mass is 16.6. The quantitative estimate of drug-likeness (QED) is 0.312. The maximum Gasteiger partial charge on any atom is 0.338 e. The van der Waals surface area contributed by atoms with E-state index in [0.29, 0.717) is 36.8 Å². The maximum atomic E-state index is 13.5. The van der Waals surface area contributed by atoms with E-state index in [1.807, 2.05) is 26.0 Å². The minimum absolute atomic E-state index is 0.0460. The number of aliphatic hydroxyl groups is 1. The second-order valence-electron chi connectivity index (χ2n) is 11.3. The maximum absolute atomic E-state index is 13.5. The highest BCUT2D eigenvalue weighted by Crippen LogP contribution is 2.46. The van der Waals surface area contributed by atoms with Crippen LogP contribution >= 0.6 is 0 Å². The summed E-state index contributed by atoms with van der Waals surface area (Å²) >= 11 is 0. The average molecular weight is 549 g/mol. The molecule has 5 rings (SSSR count). The molecule has 9 heteroatoms. The number of hydrogen-bond acceptors (Lipinski definition) is 8. The van der Waals surface area contributed by atoms with E-state index in [1.54, 1.807) is 10.6 Å². The number of cyclic esters (lactones) is 1. The monoisotopic (exact) mass is 548 g/mol. The van der Waals surface area contributed by atoms with E-state index >= 15 is 0 Å². The van der Waals surface area contributed by atoms with Crippen molar-refractivity contribution in [3.8, 4) is 11.5 Å². The summed E-state index contributed by atoms with van der Waals surface area (Å²) in [5.74, 6) is 1.46. The van der Waals surface area contributed by atoms with Gasteiger partial charge in [0.15, 0.2) is 5.82 Å². The van der Waals surface area contributed by atoms with Crippen LogP contribution < -0.4 is 4.74 Å². The Balaban J connectivity index is 1.40. The Morgan fingerprint density at radius 3 is 2.58 bits per heavy atom. The van der Waals surface area contributed by atoms with Crippen molar-refractivity contribution >= 4 is 11.7 Å². The second kappa shape index (κ2) is 11.5. The van der Waals surface area contributed by atoms with Gasteiger partial charge in [0, 0.05) is 30.3 Å². The molecule has 1 fully saturated rings. The third-order valence-corrected chi connectivity index (χ3v) is 8.38. The van der Waals surface area contributed by atoms with E-state index in [4.69, 9.17) is 9.47 Å². The number of phenolic OH excluding ortho intramolecular Hbond substituents is 1. The Hall–Kier alpha value is -3.62. The van der Waals surface area contributed by atoms with Crippen molar-refractivity contribution in [3.63, 3.8) is 0 Å². The molecule has 3 heterocycles. The van der Waals surface area contributed by atoms with Gasteiger partial charge in [0.25, 0.3) is 5.78 Å². The van der Waals surface area contributed by atoms with Crippen molar-refractivity contribution in [1.29, 1.82) is 0 Å². The number of esters is 1. The molecule has 0 bridgehead atoms. The molecule has 1 aliphatic carbocycles. The Morgan fingerprint density at radius 1 is 1.10 bits per heavy atom. The van der Waals surface area contributed by atoms with E-state index in [0.717, 1.165) is 61.0 Å². The molecule has 0 radical (unpaired) electrons. The van der Waals surface area contributed by atoms with Crippen LogP contribution in [0.4, 0.5) is 0 Å². The smallest absolute Gasteiger partial charge is 0.338 e. The number of aliphatic hydroxyl groups excluding tert-OH is 1. The van der Waals surface area contributed by atoms with Gasteiger partial charge in [-0.3, -0.25) is 0 Å². The molecule has 1 atom stereocenters. The normalized spacial score (nSPS) is 19.9. The topological polar surface area (TPSA) is 119 Å². The lowest BCUT2D eigenvalue weighted by atomic mass is 9.76. The largest absolute Gasteiger partial charge is 0.512 e. The number of nitrogens with zero attached hydrogens (tertiary/aromatic N) is 4. The van der Waals surface area contributed by atoms with Crippen LogP contribution in [0.25, 0.3) is 5.78 Å². The van der Waals surface area contributed by atoms with Gasteiger partial charge in [0.05, 0.1) is 12.2 Å². The lowest BCUT2D eigenvalue weighted by molar-refractivity contribution is -0.167. The summed E-state index contributed by atoms with van der Waals surface area (Å²) < 4.78 is 13.8. The predicted molar refractivity (Wildman–Crippen MR) is 151 cm³/mol. The Kier molecular flexibility index (Phi) is 8.01. The molecule has 3 aromatic rings. The SMILES string of the molecule is CCCOc1cc(O)c(CCC2(C3CCCC3)CC(O)=C(Cc3nc4nc(C)cc(C)n4n3)C(=O)O2)cc1CC. The molecule has 2 aliphatic rings. The van der Waals surface area contributed by atoms with Crippen molar-refractivity contribution in [2.75, 3.05) is 6.61 Å². The molecular formula is C31H40N4O5.